The van der Waals surface area contributed by atoms with E-state index in [1.807, 2.05) is 36.2 Å². The van der Waals surface area contributed by atoms with Gasteiger partial charge in [0.2, 0.25) is 0 Å². The van der Waals surface area contributed by atoms with Crippen LogP contribution in [0.5, 0.6) is 0 Å². The van der Waals surface area contributed by atoms with Crippen LogP contribution in [0.2, 0.25) is 0 Å². The zero-order valence-electron chi connectivity index (χ0n) is 13.4. The van der Waals surface area contributed by atoms with Crippen molar-refractivity contribution in [3.8, 4) is 0 Å². The van der Waals surface area contributed by atoms with Crippen LogP contribution in [0.4, 0.5) is 17.3 Å². The van der Waals surface area contributed by atoms with Crippen LogP contribution in [0.3, 0.4) is 0 Å². The summed E-state index contributed by atoms with van der Waals surface area (Å²) in [6.45, 7) is 2.84. The van der Waals surface area contributed by atoms with Gasteiger partial charge in [-0.25, -0.2) is 9.97 Å². The molecule has 0 bridgehead atoms. The Morgan fingerprint density at radius 3 is 2.57 bits per heavy atom. The molecule has 0 spiro atoms. The van der Waals surface area contributed by atoms with E-state index in [0.717, 1.165) is 23.9 Å². The Labute approximate surface area is 136 Å². The van der Waals surface area contributed by atoms with Gasteiger partial charge in [-0.05, 0) is 24.6 Å². The summed E-state index contributed by atoms with van der Waals surface area (Å²) in [6.07, 6.45) is 1.59. The molecule has 2 aromatic carbocycles. The summed E-state index contributed by atoms with van der Waals surface area (Å²) in [5.41, 5.74) is 3.59. The Bertz CT molecular complexity index is 771. The Kier molecular flexibility index (Phi) is 4.52. The molecule has 0 saturated heterocycles. The highest BCUT2D eigenvalue weighted by atomic mass is 15.2. The van der Waals surface area contributed by atoms with E-state index in [1.165, 1.54) is 11.1 Å². The zero-order valence-corrected chi connectivity index (χ0v) is 13.4. The summed E-state index contributed by atoms with van der Waals surface area (Å²) >= 11 is 0. The molecule has 3 aromatic rings. The predicted octanol–water partition coefficient (Wildman–Crippen LogP) is 4.17. The number of para-hydroxylation sites is 1. The van der Waals surface area contributed by atoms with Crippen molar-refractivity contribution in [2.45, 2.75) is 13.5 Å². The molecule has 0 aliphatic heterocycles. The first kappa shape index (κ1) is 15.0. The van der Waals surface area contributed by atoms with Gasteiger partial charge in [-0.2, -0.15) is 0 Å². The maximum absolute atomic E-state index is 4.36. The van der Waals surface area contributed by atoms with Crippen molar-refractivity contribution in [1.82, 2.24) is 9.97 Å². The lowest BCUT2D eigenvalue weighted by Crippen LogP contribution is -2.12. The van der Waals surface area contributed by atoms with Crippen LogP contribution in [0, 0.1) is 6.92 Å². The van der Waals surface area contributed by atoms with E-state index in [1.54, 1.807) is 6.33 Å². The van der Waals surface area contributed by atoms with Crippen LogP contribution in [-0.2, 0) is 6.54 Å². The largest absolute Gasteiger partial charge is 0.366 e. The lowest BCUT2D eigenvalue weighted by molar-refractivity contribution is 1.05. The highest BCUT2D eigenvalue weighted by molar-refractivity contribution is 5.61. The number of nitrogens with zero attached hydrogens (tertiary/aromatic N) is 3. The third-order valence-corrected chi connectivity index (χ3v) is 3.70. The topological polar surface area (TPSA) is 41.0 Å². The van der Waals surface area contributed by atoms with Gasteiger partial charge in [0.15, 0.2) is 0 Å². The van der Waals surface area contributed by atoms with Crippen LogP contribution in [0.15, 0.2) is 67.0 Å². The van der Waals surface area contributed by atoms with Crippen molar-refractivity contribution < 1.29 is 0 Å². The molecule has 4 nitrogen and oxygen atoms in total. The number of aromatic nitrogens is 2. The predicted molar refractivity (Wildman–Crippen MR) is 95.0 cm³/mol. The minimum absolute atomic E-state index is 0.743. The van der Waals surface area contributed by atoms with E-state index in [0.29, 0.717) is 0 Å². The van der Waals surface area contributed by atoms with Crippen LogP contribution in [0.1, 0.15) is 11.1 Å². The molecule has 0 saturated carbocycles. The number of anilines is 3. The second-order valence-electron chi connectivity index (χ2n) is 5.50. The first-order chi connectivity index (χ1) is 11.2. The first-order valence-electron chi connectivity index (χ1n) is 7.62. The van der Waals surface area contributed by atoms with E-state index in [9.17, 15) is 0 Å². The molecule has 1 heterocycles. The molecule has 0 fully saturated rings. The molecule has 0 aliphatic rings. The summed E-state index contributed by atoms with van der Waals surface area (Å²) < 4.78 is 0. The lowest BCUT2D eigenvalue weighted by Gasteiger charge is -2.18. The number of hydrogen-bond donors (Lipinski definition) is 1. The highest BCUT2D eigenvalue weighted by Gasteiger charge is 2.06. The Morgan fingerprint density at radius 2 is 1.78 bits per heavy atom. The third-order valence-electron chi connectivity index (χ3n) is 3.70. The second-order valence-corrected chi connectivity index (χ2v) is 5.50. The quantitative estimate of drug-likeness (QED) is 0.768. The normalized spacial score (nSPS) is 10.3. The minimum Gasteiger partial charge on any atom is -0.366 e. The van der Waals surface area contributed by atoms with Gasteiger partial charge in [-0.1, -0.05) is 48.0 Å². The monoisotopic (exact) mass is 304 g/mol. The SMILES string of the molecule is Cc1cccc(CNc2cc(N(C)c3ccccc3)ncn2)c1. The fourth-order valence-corrected chi connectivity index (χ4v) is 2.43. The van der Waals surface area contributed by atoms with Gasteiger partial charge in [-0.15, -0.1) is 0 Å². The number of benzene rings is 2. The maximum Gasteiger partial charge on any atom is 0.138 e. The fraction of sp³-hybridized carbons (Fsp3) is 0.158. The van der Waals surface area contributed by atoms with Gasteiger partial charge in [-0.3, -0.25) is 0 Å². The van der Waals surface area contributed by atoms with E-state index in [-0.39, 0.29) is 0 Å². The average Bonchev–Trinajstić information content (AvgIpc) is 2.60. The molecule has 0 amide bonds. The fourth-order valence-electron chi connectivity index (χ4n) is 2.43. The van der Waals surface area contributed by atoms with Crippen molar-refractivity contribution in [2.75, 3.05) is 17.3 Å². The summed E-state index contributed by atoms with van der Waals surface area (Å²) in [6, 6.07) is 20.6. The van der Waals surface area contributed by atoms with E-state index in [2.05, 4.69) is 58.6 Å². The van der Waals surface area contributed by atoms with Crippen LogP contribution in [0.25, 0.3) is 0 Å². The maximum atomic E-state index is 4.36. The zero-order chi connectivity index (χ0) is 16.1. The molecule has 0 radical (unpaired) electrons. The molecular weight excluding hydrogens is 284 g/mol. The standard InChI is InChI=1S/C19H20N4/c1-15-7-6-8-16(11-15)13-20-18-12-19(22-14-21-18)23(2)17-9-4-3-5-10-17/h3-12,14H,13H2,1-2H3,(H,20,21,22). The molecular formula is C19H20N4. The van der Waals surface area contributed by atoms with Crippen molar-refractivity contribution in [1.29, 1.82) is 0 Å². The Balaban J connectivity index is 1.72. The van der Waals surface area contributed by atoms with Crippen LogP contribution in [-0.4, -0.2) is 17.0 Å². The van der Waals surface area contributed by atoms with Gasteiger partial charge in [0.05, 0.1) is 0 Å². The van der Waals surface area contributed by atoms with E-state index in [4.69, 9.17) is 0 Å². The molecule has 4 heteroatoms. The number of nitrogens with one attached hydrogen (secondary N) is 1. The van der Waals surface area contributed by atoms with Crippen LogP contribution < -0.4 is 10.2 Å². The number of aryl methyl sites for hydroxylation is 1. The Hall–Kier alpha value is -2.88. The van der Waals surface area contributed by atoms with Gasteiger partial charge in [0.1, 0.15) is 18.0 Å². The molecule has 1 aromatic heterocycles. The first-order valence-corrected chi connectivity index (χ1v) is 7.62. The van der Waals surface area contributed by atoms with Gasteiger partial charge >= 0.3 is 0 Å². The lowest BCUT2D eigenvalue weighted by atomic mass is 10.1. The number of rotatable bonds is 5. The van der Waals surface area contributed by atoms with Crippen molar-refractivity contribution >= 4 is 17.3 Å². The molecule has 1 N–H and O–H groups in total. The molecule has 0 aliphatic carbocycles. The van der Waals surface area contributed by atoms with Crippen molar-refractivity contribution in [2.24, 2.45) is 0 Å². The average molecular weight is 304 g/mol. The second kappa shape index (κ2) is 6.92. The highest BCUT2D eigenvalue weighted by Crippen LogP contribution is 2.22. The van der Waals surface area contributed by atoms with E-state index < -0.39 is 0 Å². The Morgan fingerprint density at radius 1 is 0.957 bits per heavy atom. The molecule has 3 rings (SSSR count). The van der Waals surface area contributed by atoms with Gasteiger partial charge < -0.3 is 10.2 Å². The molecule has 0 atom stereocenters. The summed E-state index contributed by atoms with van der Waals surface area (Å²) in [7, 11) is 2.00. The summed E-state index contributed by atoms with van der Waals surface area (Å²) in [5, 5.41) is 3.36. The van der Waals surface area contributed by atoms with Gasteiger partial charge in [0.25, 0.3) is 0 Å². The molecule has 0 unspecified atom stereocenters. The smallest absolute Gasteiger partial charge is 0.138 e. The van der Waals surface area contributed by atoms with Crippen LogP contribution >= 0.6 is 0 Å². The third kappa shape index (κ3) is 3.86. The summed E-state index contributed by atoms with van der Waals surface area (Å²) in [4.78, 5) is 10.7. The summed E-state index contributed by atoms with van der Waals surface area (Å²) in [5.74, 6) is 1.68. The number of hydrogen-bond acceptors (Lipinski definition) is 4. The van der Waals surface area contributed by atoms with Crippen molar-refractivity contribution in [3.63, 3.8) is 0 Å². The molecule has 23 heavy (non-hydrogen) atoms. The van der Waals surface area contributed by atoms with Gasteiger partial charge in [0, 0.05) is 25.3 Å². The van der Waals surface area contributed by atoms with E-state index >= 15 is 0 Å². The van der Waals surface area contributed by atoms with Crippen molar-refractivity contribution in [3.05, 3.63) is 78.1 Å². The minimum atomic E-state index is 0.743. The molecule has 116 valence electrons.